The molecule has 1 aliphatic heterocycles. The van der Waals surface area contributed by atoms with Crippen LogP contribution in [0.5, 0.6) is 0 Å². The molecule has 0 unspecified atom stereocenters. The number of amides is 1. The van der Waals surface area contributed by atoms with Gasteiger partial charge in [0.05, 0.1) is 12.5 Å². The van der Waals surface area contributed by atoms with Crippen molar-refractivity contribution >= 4 is 11.6 Å². The maximum Gasteiger partial charge on any atom is 0.225 e. The van der Waals surface area contributed by atoms with Crippen LogP contribution in [-0.2, 0) is 11.2 Å². The van der Waals surface area contributed by atoms with Crippen molar-refractivity contribution in [2.45, 2.75) is 38.6 Å². The van der Waals surface area contributed by atoms with Crippen LogP contribution >= 0.6 is 0 Å². The van der Waals surface area contributed by atoms with Crippen LogP contribution < -0.4 is 10.2 Å². The van der Waals surface area contributed by atoms with Crippen molar-refractivity contribution in [3.05, 3.63) is 65.5 Å². The number of benzene rings is 2. The van der Waals surface area contributed by atoms with Crippen LogP contribution in [-0.4, -0.2) is 19.0 Å². The third kappa shape index (κ3) is 4.59. The Morgan fingerprint density at radius 3 is 2.44 bits per heavy atom. The highest BCUT2D eigenvalue weighted by Gasteiger charge is 2.14. The molecule has 0 aromatic heterocycles. The summed E-state index contributed by atoms with van der Waals surface area (Å²) in [6.07, 6.45) is 3.89. The molecule has 2 aromatic carbocycles. The number of hydrogen-bond donors (Lipinski definition) is 1. The van der Waals surface area contributed by atoms with Crippen LogP contribution in [0.1, 0.15) is 43.4 Å². The molecule has 3 nitrogen and oxygen atoms in total. The highest BCUT2D eigenvalue weighted by atomic mass is 19.1. The van der Waals surface area contributed by atoms with E-state index in [1.165, 1.54) is 31.0 Å². The minimum Gasteiger partial charge on any atom is -0.372 e. The number of rotatable bonds is 5. The highest BCUT2D eigenvalue weighted by molar-refractivity contribution is 5.79. The molecule has 3 rings (SSSR count). The average molecular weight is 340 g/mol. The molecule has 0 aliphatic carbocycles. The predicted octanol–water partition coefficient (Wildman–Crippen LogP) is 4.24. The quantitative estimate of drug-likeness (QED) is 0.883. The number of piperidine rings is 1. The summed E-state index contributed by atoms with van der Waals surface area (Å²) in [7, 11) is 0. The first-order valence-electron chi connectivity index (χ1n) is 9.01. The lowest BCUT2D eigenvalue weighted by molar-refractivity contribution is -0.121. The molecule has 1 atom stereocenters. The molecule has 1 aliphatic rings. The van der Waals surface area contributed by atoms with E-state index >= 15 is 0 Å². The minimum absolute atomic E-state index is 0.0584. The Morgan fingerprint density at radius 2 is 1.76 bits per heavy atom. The summed E-state index contributed by atoms with van der Waals surface area (Å²) in [5.41, 5.74) is 2.73. The van der Waals surface area contributed by atoms with E-state index in [0.29, 0.717) is 5.56 Å². The molecule has 1 saturated heterocycles. The highest BCUT2D eigenvalue weighted by Crippen LogP contribution is 2.22. The van der Waals surface area contributed by atoms with Crippen LogP contribution in [0.25, 0.3) is 0 Å². The van der Waals surface area contributed by atoms with E-state index in [4.69, 9.17) is 0 Å². The summed E-state index contributed by atoms with van der Waals surface area (Å²) < 4.78 is 13.6. The molecule has 1 amide bonds. The first kappa shape index (κ1) is 17.5. The van der Waals surface area contributed by atoms with E-state index < -0.39 is 0 Å². The fourth-order valence-electron chi connectivity index (χ4n) is 3.32. The van der Waals surface area contributed by atoms with Gasteiger partial charge in [-0.1, -0.05) is 30.3 Å². The summed E-state index contributed by atoms with van der Waals surface area (Å²) in [5, 5.41) is 2.95. The standard InChI is InChI=1S/C21H25FN2O/c1-16(23-21(25)15-18-7-3-4-8-20(18)22)17-9-11-19(12-10-17)24-13-5-2-6-14-24/h3-4,7-12,16H,2,5-6,13-15H2,1H3,(H,23,25)/t16-/m1/s1. The number of anilines is 1. The molecule has 0 saturated carbocycles. The molecule has 25 heavy (non-hydrogen) atoms. The zero-order chi connectivity index (χ0) is 17.6. The average Bonchev–Trinajstić information content (AvgIpc) is 2.64. The van der Waals surface area contributed by atoms with Crippen molar-refractivity contribution in [2.75, 3.05) is 18.0 Å². The minimum atomic E-state index is -0.337. The molecule has 2 aromatic rings. The Labute approximate surface area is 148 Å². The van der Waals surface area contributed by atoms with Gasteiger partial charge in [-0.25, -0.2) is 4.39 Å². The molecule has 0 radical (unpaired) electrons. The van der Waals surface area contributed by atoms with E-state index in [1.807, 2.05) is 6.92 Å². The topological polar surface area (TPSA) is 32.3 Å². The predicted molar refractivity (Wildman–Crippen MR) is 99.2 cm³/mol. The number of halogens is 1. The van der Waals surface area contributed by atoms with Crippen LogP contribution in [0.2, 0.25) is 0 Å². The summed E-state index contributed by atoms with van der Waals surface area (Å²) in [5.74, 6) is -0.506. The van der Waals surface area contributed by atoms with Gasteiger partial charge in [-0.15, -0.1) is 0 Å². The zero-order valence-electron chi connectivity index (χ0n) is 14.7. The van der Waals surface area contributed by atoms with Crippen molar-refractivity contribution < 1.29 is 9.18 Å². The Hall–Kier alpha value is -2.36. The SMILES string of the molecule is C[C@@H](NC(=O)Cc1ccccc1F)c1ccc(N2CCCCC2)cc1. The van der Waals surface area contributed by atoms with Crippen LogP contribution in [0.3, 0.4) is 0 Å². The third-order valence-corrected chi connectivity index (χ3v) is 4.80. The van der Waals surface area contributed by atoms with Crippen LogP contribution in [0.4, 0.5) is 10.1 Å². The van der Waals surface area contributed by atoms with Gasteiger partial charge in [-0.05, 0) is 55.5 Å². The smallest absolute Gasteiger partial charge is 0.225 e. The van der Waals surface area contributed by atoms with E-state index in [9.17, 15) is 9.18 Å². The summed E-state index contributed by atoms with van der Waals surface area (Å²) >= 11 is 0. The van der Waals surface area contributed by atoms with E-state index in [-0.39, 0.29) is 24.2 Å². The van der Waals surface area contributed by atoms with Gasteiger partial charge in [0, 0.05) is 18.8 Å². The lowest BCUT2D eigenvalue weighted by atomic mass is 10.1. The maximum atomic E-state index is 13.6. The zero-order valence-corrected chi connectivity index (χ0v) is 14.7. The van der Waals surface area contributed by atoms with Gasteiger partial charge >= 0.3 is 0 Å². The van der Waals surface area contributed by atoms with Gasteiger partial charge in [0.1, 0.15) is 5.82 Å². The number of hydrogen-bond acceptors (Lipinski definition) is 2. The van der Waals surface area contributed by atoms with Gasteiger partial charge in [0.15, 0.2) is 0 Å². The van der Waals surface area contributed by atoms with Crippen molar-refractivity contribution in [3.63, 3.8) is 0 Å². The van der Waals surface area contributed by atoms with Gasteiger partial charge in [-0.2, -0.15) is 0 Å². The van der Waals surface area contributed by atoms with Gasteiger partial charge in [0.25, 0.3) is 0 Å². The Morgan fingerprint density at radius 1 is 1.08 bits per heavy atom. The largest absolute Gasteiger partial charge is 0.372 e. The monoisotopic (exact) mass is 340 g/mol. The number of carbonyl (C=O) groups is 1. The maximum absolute atomic E-state index is 13.6. The lowest BCUT2D eigenvalue weighted by Gasteiger charge is -2.29. The second kappa shape index (κ2) is 8.15. The third-order valence-electron chi connectivity index (χ3n) is 4.80. The van der Waals surface area contributed by atoms with Gasteiger partial charge in [0.2, 0.25) is 5.91 Å². The van der Waals surface area contributed by atoms with Crippen molar-refractivity contribution in [2.24, 2.45) is 0 Å². The molecular weight excluding hydrogens is 315 g/mol. The normalized spacial score (nSPS) is 15.7. The molecule has 1 N–H and O–H groups in total. The number of nitrogens with one attached hydrogen (secondary N) is 1. The second-order valence-corrected chi connectivity index (χ2v) is 6.70. The number of nitrogens with zero attached hydrogens (tertiary/aromatic N) is 1. The summed E-state index contributed by atoms with van der Waals surface area (Å²) in [6.45, 7) is 4.19. The summed E-state index contributed by atoms with van der Waals surface area (Å²) in [4.78, 5) is 14.6. The lowest BCUT2D eigenvalue weighted by Crippen LogP contribution is -2.30. The Balaban J connectivity index is 1.58. The van der Waals surface area contributed by atoms with E-state index in [1.54, 1.807) is 18.2 Å². The summed E-state index contributed by atoms with van der Waals surface area (Å²) in [6, 6.07) is 14.7. The van der Waals surface area contributed by atoms with Crippen molar-refractivity contribution in [1.82, 2.24) is 5.32 Å². The Bertz CT molecular complexity index is 708. The molecular formula is C21H25FN2O. The van der Waals surface area contributed by atoms with Gasteiger partial charge < -0.3 is 10.2 Å². The molecule has 4 heteroatoms. The molecule has 0 spiro atoms. The molecule has 132 valence electrons. The molecule has 1 fully saturated rings. The van der Waals surface area contributed by atoms with Crippen LogP contribution in [0, 0.1) is 5.82 Å². The fraction of sp³-hybridized carbons (Fsp3) is 0.381. The first-order valence-corrected chi connectivity index (χ1v) is 9.01. The fourth-order valence-corrected chi connectivity index (χ4v) is 3.32. The van der Waals surface area contributed by atoms with Crippen molar-refractivity contribution in [1.29, 1.82) is 0 Å². The second-order valence-electron chi connectivity index (χ2n) is 6.70. The number of carbonyl (C=O) groups excluding carboxylic acids is 1. The van der Waals surface area contributed by atoms with E-state index in [0.717, 1.165) is 18.7 Å². The Kier molecular flexibility index (Phi) is 5.69. The molecule has 0 bridgehead atoms. The molecule has 1 heterocycles. The van der Waals surface area contributed by atoms with E-state index in [2.05, 4.69) is 34.5 Å². The van der Waals surface area contributed by atoms with Gasteiger partial charge in [-0.3, -0.25) is 4.79 Å². The van der Waals surface area contributed by atoms with Crippen molar-refractivity contribution in [3.8, 4) is 0 Å². The first-order chi connectivity index (χ1) is 12.1. The van der Waals surface area contributed by atoms with Crippen LogP contribution in [0.15, 0.2) is 48.5 Å².